The normalized spacial score (nSPS) is 25.7. The summed E-state index contributed by atoms with van der Waals surface area (Å²) in [6, 6.07) is 15.6. The van der Waals surface area contributed by atoms with Crippen molar-refractivity contribution in [2.75, 3.05) is 13.3 Å². The molecule has 4 nitrogen and oxygen atoms in total. The summed E-state index contributed by atoms with van der Waals surface area (Å²) in [6.07, 6.45) is 5.78. The minimum Gasteiger partial charge on any atom is -0.454 e. The predicted molar refractivity (Wildman–Crippen MR) is 115 cm³/mol. The molecule has 0 fully saturated rings. The topological polar surface area (TPSA) is 46.3 Å². The molecule has 4 heteroatoms. The maximum atomic E-state index is 5.64. The average Bonchev–Trinajstić information content (AvgIpc) is 3.37. The molecule has 0 amide bonds. The molecule has 6 rings (SSSR count). The van der Waals surface area contributed by atoms with E-state index in [1.165, 1.54) is 39.7 Å². The van der Waals surface area contributed by atoms with E-state index in [9.17, 15) is 0 Å². The van der Waals surface area contributed by atoms with E-state index in [4.69, 9.17) is 9.47 Å². The summed E-state index contributed by atoms with van der Waals surface area (Å²) in [6.45, 7) is 3.64. The number of ether oxygens (including phenoxy) is 2. The Kier molecular flexibility index (Phi) is 3.95. The number of hydrogen-bond acceptors (Lipinski definition) is 3. The van der Waals surface area contributed by atoms with Crippen LogP contribution in [0.1, 0.15) is 42.5 Å². The number of fused-ring (bicyclic) bond motifs is 4. The highest BCUT2D eigenvalue weighted by Crippen LogP contribution is 2.44. The number of rotatable bonds is 2. The highest BCUT2D eigenvalue weighted by molar-refractivity contribution is 5.88. The van der Waals surface area contributed by atoms with Crippen molar-refractivity contribution in [3.63, 3.8) is 0 Å². The van der Waals surface area contributed by atoms with Gasteiger partial charge < -0.3 is 19.8 Å². The van der Waals surface area contributed by atoms with Gasteiger partial charge in [0.25, 0.3) is 0 Å². The van der Waals surface area contributed by atoms with Crippen LogP contribution in [0.5, 0.6) is 11.5 Å². The average molecular weight is 386 g/mol. The monoisotopic (exact) mass is 386 g/mol. The lowest BCUT2D eigenvalue weighted by molar-refractivity contribution is 0.174. The Bertz CT molecular complexity index is 1100. The van der Waals surface area contributed by atoms with Crippen molar-refractivity contribution >= 4 is 16.5 Å². The smallest absolute Gasteiger partial charge is 0.231 e. The van der Waals surface area contributed by atoms with Gasteiger partial charge in [0, 0.05) is 35.2 Å². The van der Waals surface area contributed by atoms with Crippen molar-refractivity contribution in [2.24, 2.45) is 5.92 Å². The van der Waals surface area contributed by atoms with Gasteiger partial charge in [0.1, 0.15) is 0 Å². The van der Waals surface area contributed by atoms with E-state index in [1.54, 1.807) is 0 Å². The Morgan fingerprint density at radius 2 is 1.83 bits per heavy atom. The first kappa shape index (κ1) is 17.2. The zero-order chi connectivity index (χ0) is 19.4. The van der Waals surface area contributed by atoms with Crippen molar-refractivity contribution < 1.29 is 9.47 Å². The second kappa shape index (κ2) is 6.67. The molecule has 1 aromatic heterocycles. The Morgan fingerprint density at radius 1 is 1.00 bits per heavy atom. The van der Waals surface area contributed by atoms with Gasteiger partial charge in [0.15, 0.2) is 11.5 Å². The van der Waals surface area contributed by atoms with Crippen LogP contribution in [0.25, 0.3) is 16.5 Å². The summed E-state index contributed by atoms with van der Waals surface area (Å²) in [7, 11) is 0. The first-order valence-electron chi connectivity index (χ1n) is 10.7. The molecule has 2 aliphatic heterocycles. The molecule has 2 N–H and O–H groups in total. The van der Waals surface area contributed by atoms with Gasteiger partial charge in [-0.2, -0.15) is 0 Å². The summed E-state index contributed by atoms with van der Waals surface area (Å²) in [4.78, 5) is 3.69. The molecular formula is C25H26N2O2. The van der Waals surface area contributed by atoms with Crippen LogP contribution in [0.2, 0.25) is 0 Å². The van der Waals surface area contributed by atoms with Crippen molar-refractivity contribution in [2.45, 2.75) is 38.1 Å². The molecule has 3 unspecified atom stereocenters. The number of benzene rings is 2. The number of aromatic nitrogens is 1. The molecule has 0 bridgehead atoms. The van der Waals surface area contributed by atoms with Gasteiger partial charge in [0.2, 0.25) is 6.79 Å². The van der Waals surface area contributed by atoms with E-state index < -0.39 is 0 Å². The van der Waals surface area contributed by atoms with E-state index in [0.717, 1.165) is 30.9 Å². The number of nitrogens with one attached hydrogen (secondary N) is 2. The summed E-state index contributed by atoms with van der Waals surface area (Å²) in [5.41, 5.74) is 6.89. The van der Waals surface area contributed by atoms with Crippen LogP contribution in [-0.4, -0.2) is 24.4 Å². The largest absolute Gasteiger partial charge is 0.454 e. The second-order valence-corrected chi connectivity index (χ2v) is 8.68. The molecular weight excluding hydrogens is 360 g/mol. The van der Waals surface area contributed by atoms with E-state index in [1.807, 2.05) is 0 Å². The first-order valence-corrected chi connectivity index (χ1v) is 10.7. The molecule has 29 heavy (non-hydrogen) atoms. The molecule has 0 saturated heterocycles. The molecule has 148 valence electrons. The van der Waals surface area contributed by atoms with Crippen LogP contribution in [0.4, 0.5) is 0 Å². The SMILES string of the molecule is CC1CC(C2CC(c3ccccc3)=CCN2)Cc2c1[nH]c1cc3c(cc21)OCO3. The first-order chi connectivity index (χ1) is 14.3. The summed E-state index contributed by atoms with van der Waals surface area (Å²) < 4.78 is 11.2. The van der Waals surface area contributed by atoms with Crippen LogP contribution in [0.3, 0.4) is 0 Å². The van der Waals surface area contributed by atoms with Crippen LogP contribution in [0, 0.1) is 5.92 Å². The summed E-state index contributed by atoms with van der Waals surface area (Å²) in [5.74, 6) is 2.89. The third-order valence-corrected chi connectivity index (χ3v) is 6.93. The van der Waals surface area contributed by atoms with Gasteiger partial charge in [-0.1, -0.05) is 43.3 Å². The zero-order valence-corrected chi connectivity index (χ0v) is 16.7. The second-order valence-electron chi connectivity index (χ2n) is 8.68. The standard InChI is InChI=1S/C25H26N2O2/c1-15-9-18(21-11-17(7-8-26-21)16-5-3-2-4-6-16)10-20-19-12-23-24(29-14-28-23)13-22(19)27-25(15)20/h2-7,12-13,15,18,21,26-27H,8-11,14H2,1H3. The fourth-order valence-corrected chi connectivity index (χ4v) is 5.47. The highest BCUT2D eigenvalue weighted by atomic mass is 16.7. The lowest BCUT2D eigenvalue weighted by atomic mass is 9.74. The maximum Gasteiger partial charge on any atom is 0.231 e. The zero-order valence-electron chi connectivity index (χ0n) is 16.7. The molecule has 1 aliphatic carbocycles. The quantitative estimate of drug-likeness (QED) is 0.651. The highest BCUT2D eigenvalue weighted by Gasteiger charge is 2.34. The number of H-pyrrole nitrogens is 1. The molecule has 3 aromatic rings. The van der Waals surface area contributed by atoms with Crippen molar-refractivity contribution in [3.05, 3.63) is 65.4 Å². The summed E-state index contributed by atoms with van der Waals surface area (Å²) >= 11 is 0. The van der Waals surface area contributed by atoms with Crippen molar-refractivity contribution in [3.8, 4) is 11.5 Å². The Morgan fingerprint density at radius 3 is 2.69 bits per heavy atom. The van der Waals surface area contributed by atoms with Gasteiger partial charge in [-0.25, -0.2) is 0 Å². The third kappa shape index (κ3) is 2.85. The number of hydrogen-bond donors (Lipinski definition) is 2. The lowest BCUT2D eigenvalue weighted by Gasteiger charge is -2.36. The van der Waals surface area contributed by atoms with Gasteiger partial charge in [-0.05, 0) is 53.9 Å². The fraction of sp³-hybridized carbons (Fsp3) is 0.360. The Hall–Kier alpha value is -2.72. The van der Waals surface area contributed by atoms with Crippen LogP contribution in [0.15, 0.2) is 48.5 Å². The number of aromatic amines is 1. The van der Waals surface area contributed by atoms with Gasteiger partial charge in [-0.3, -0.25) is 0 Å². The fourth-order valence-electron chi connectivity index (χ4n) is 5.47. The Labute approximate surface area is 170 Å². The van der Waals surface area contributed by atoms with E-state index in [-0.39, 0.29) is 0 Å². The molecule has 3 aliphatic rings. The predicted octanol–water partition coefficient (Wildman–Crippen LogP) is 5.01. The Balaban J connectivity index is 1.31. The van der Waals surface area contributed by atoms with E-state index in [2.05, 4.69) is 65.8 Å². The third-order valence-electron chi connectivity index (χ3n) is 6.93. The lowest BCUT2D eigenvalue weighted by Crippen LogP contribution is -2.41. The van der Waals surface area contributed by atoms with Crippen molar-refractivity contribution in [1.29, 1.82) is 0 Å². The van der Waals surface area contributed by atoms with Gasteiger partial charge in [-0.15, -0.1) is 0 Å². The van der Waals surface area contributed by atoms with Gasteiger partial charge >= 0.3 is 0 Å². The molecule has 0 radical (unpaired) electrons. The van der Waals surface area contributed by atoms with Crippen LogP contribution >= 0.6 is 0 Å². The molecule has 0 saturated carbocycles. The van der Waals surface area contributed by atoms with Crippen LogP contribution < -0.4 is 14.8 Å². The maximum absolute atomic E-state index is 5.64. The van der Waals surface area contributed by atoms with E-state index >= 15 is 0 Å². The van der Waals surface area contributed by atoms with E-state index in [0.29, 0.717) is 24.7 Å². The minimum absolute atomic E-state index is 0.323. The minimum atomic E-state index is 0.323. The molecule has 3 atom stereocenters. The van der Waals surface area contributed by atoms with Crippen molar-refractivity contribution in [1.82, 2.24) is 10.3 Å². The van der Waals surface area contributed by atoms with Crippen LogP contribution in [-0.2, 0) is 6.42 Å². The summed E-state index contributed by atoms with van der Waals surface area (Å²) in [5, 5.41) is 5.09. The molecule has 3 heterocycles. The molecule has 0 spiro atoms. The molecule has 2 aromatic carbocycles. The van der Waals surface area contributed by atoms with Gasteiger partial charge in [0.05, 0.1) is 0 Å².